The van der Waals surface area contributed by atoms with E-state index in [1.165, 1.54) is 5.56 Å². The average molecular weight is 524 g/mol. The van der Waals surface area contributed by atoms with Gasteiger partial charge in [-0.3, -0.25) is 14.7 Å². The molecule has 5 heterocycles. The first kappa shape index (κ1) is 24.1. The summed E-state index contributed by atoms with van der Waals surface area (Å²) in [4.78, 5) is 29.7. The van der Waals surface area contributed by atoms with E-state index in [-0.39, 0.29) is 12.0 Å². The molecule has 1 atom stereocenters. The number of carbonyl (C=O) groups is 1. The summed E-state index contributed by atoms with van der Waals surface area (Å²) in [6.45, 7) is 3.26. The van der Waals surface area contributed by atoms with Gasteiger partial charge in [-0.2, -0.15) is 0 Å². The summed E-state index contributed by atoms with van der Waals surface area (Å²) in [6, 6.07) is 12.8. The second kappa shape index (κ2) is 9.64. The van der Waals surface area contributed by atoms with Crippen molar-refractivity contribution < 1.29 is 9.53 Å². The summed E-state index contributed by atoms with van der Waals surface area (Å²) in [5.41, 5.74) is 11.6. The maximum Gasteiger partial charge on any atom is 0.236 e. The lowest BCUT2D eigenvalue weighted by Gasteiger charge is -2.41. The first-order valence-electron chi connectivity index (χ1n) is 13.8. The maximum atomic E-state index is 12.1. The molecule has 3 aliphatic rings. The van der Waals surface area contributed by atoms with E-state index in [4.69, 9.17) is 10.5 Å². The zero-order valence-electron chi connectivity index (χ0n) is 22.2. The normalized spacial score (nSPS) is 23.4. The molecule has 0 bridgehead atoms. The van der Waals surface area contributed by atoms with Gasteiger partial charge in [0.05, 0.1) is 17.6 Å². The molecule has 1 amide bonds. The Bertz CT molecular complexity index is 1530. The number of piperazine rings is 1. The van der Waals surface area contributed by atoms with Gasteiger partial charge in [-0.15, -0.1) is 0 Å². The van der Waals surface area contributed by atoms with E-state index < -0.39 is 0 Å². The van der Waals surface area contributed by atoms with Crippen molar-refractivity contribution in [1.29, 1.82) is 0 Å². The van der Waals surface area contributed by atoms with Crippen molar-refractivity contribution in [2.45, 2.75) is 37.8 Å². The number of nitrogens with two attached hydrogens (primary N) is 1. The van der Waals surface area contributed by atoms with Crippen molar-refractivity contribution in [3.63, 3.8) is 0 Å². The maximum absolute atomic E-state index is 12.1. The van der Waals surface area contributed by atoms with Crippen LogP contribution in [0, 0.1) is 5.92 Å². The van der Waals surface area contributed by atoms with Crippen LogP contribution in [0.3, 0.4) is 0 Å². The number of anilines is 1. The predicted molar refractivity (Wildman–Crippen MR) is 149 cm³/mol. The van der Waals surface area contributed by atoms with E-state index in [1.54, 1.807) is 6.33 Å². The van der Waals surface area contributed by atoms with Gasteiger partial charge >= 0.3 is 0 Å². The number of rotatable bonds is 5. The van der Waals surface area contributed by atoms with Gasteiger partial charge < -0.3 is 19.9 Å². The molecule has 9 heteroatoms. The molecule has 1 aliphatic carbocycles. The minimum Gasteiger partial charge on any atom is -0.484 e. The SMILES string of the molecule is CN1CCN(C[C@H]2C[C@@H](n3cc(-c4ccc5c(c4)OC(c4ccccn4)CC5)c4c(N)ncnc43)C2)CC1=O. The highest BCUT2D eigenvalue weighted by molar-refractivity contribution is 6.01. The lowest BCUT2D eigenvalue weighted by atomic mass is 9.79. The number of hydrogen-bond donors (Lipinski definition) is 1. The molecule has 7 rings (SSSR count). The van der Waals surface area contributed by atoms with Gasteiger partial charge in [0.15, 0.2) is 0 Å². The highest BCUT2D eigenvalue weighted by Crippen LogP contribution is 2.44. The zero-order chi connectivity index (χ0) is 26.5. The molecule has 2 aliphatic heterocycles. The fourth-order valence-electron chi connectivity index (χ4n) is 6.32. The smallest absolute Gasteiger partial charge is 0.236 e. The van der Waals surface area contributed by atoms with Crippen molar-refractivity contribution in [3.8, 4) is 16.9 Å². The lowest BCUT2D eigenvalue weighted by molar-refractivity contribution is -0.134. The molecule has 1 saturated heterocycles. The largest absolute Gasteiger partial charge is 0.484 e. The minimum atomic E-state index is -0.0498. The minimum absolute atomic E-state index is 0.0498. The summed E-state index contributed by atoms with van der Waals surface area (Å²) in [7, 11) is 1.88. The molecule has 2 N–H and O–H groups in total. The third-order valence-corrected chi connectivity index (χ3v) is 8.64. The van der Waals surface area contributed by atoms with Crippen LogP contribution in [0.1, 0.15) is 42.7 Å². The number of nitrogens with zero attached hydrogens (tertiary/aromatic N) is 6. The molecule has 2 fully saturated rings. The fourth-order valence-corrected chi connectivity index (χ4v) is 6.32. The Balaban J connectivity index is 1.14. The lowest BCUT2D eigenvalue weighted by Crippen LogP contribution is -2.50. The third-order valence-electron chi connectivity index (χ3n) is 8.64. The van der Waals surface area contributed by atoms with Crippen LogP contribution in [0.25, 0.3) is 22.2 Å². The number of hydrogen-bond acceptors (Lipinski definition) is 7. The number of carbonyl (C=O) groups excluding carboxylic acids is 1. The Morgan fingerprint density at radius 2 is 2.00 bits per heavy atom. The van der Waals surface area contributed by atoms with Crippen LogP contribution < -0.4 is 10.5 Å². The summed E-state index contributed by atoms with van der Waals surface area (Å²) < 4.78 is 8.73. The summed E-state index contributed by atoms with van der Waals surface area (Å²) >= 11 is 0. The van der Waals surface area contributed by atoms with Gasteiger partial charge in [0.2, 0.25) is 5.91 Å². The monoisotopic (exact) mass is 523 g/mol. The Morgan fingerprint density at radius 1 is 1.10 bits per heavy atom. The Kier molecular flexibility index (Phi) is 5.96. The number of benzene rings is 1. The molecule has 9 nitrogen and oxygen atoms in total. The average Bonchev–Trinajstić information content (AvgIpc) is 3.33. The van der Waals surface area contributed by atoms with Crippen LogP contribution >= 0.6 is 0 Å². The van der Waals surface area contributed by atoms with E-state index >= 15 is 0 Å². The quantitative estimate of drug-likeness (QED) is 0.424. The number of pyridine rings is 1. The Hall–Kier alpha value is -3.98. The second-order valence-corrected chi connectivity index (χ2v) is 11.2. The fraction of sp³-hybridized carbons (Fsp3) is 0.400. The molecule has 4 aromatic rings. The van der Waals surface area contributed by atoms with Gasteiger partial charge in [-0.25, -0.2) is 9.97 Å². The Labute approximate surface area is 227 Å². The number of aromatic nitrogens is 4. The van der Waals surface area contributed by atoms with Crippen molar-refractivity contribution in [1.82, 2.24) is 29.3 Å². The van der Waals surface area contributed by atoms with E-state index in [0.29, 0.717) is 24.3 Å². The van der Waals surface area contributed by atoms with Gasteiger partial charge in [-0.1, -0.05) is 18.2 Å². The van der Waals surface area contributed by atoms with Crippen LogP contribution in [0.5, 0.6) is 5.75 Å². The van der Waals surface area contributed by atoms with Gasteiger partial charge in [-0.05, 0) is 60.9 Å². The number of nitrogen functional groups attached to an aromatic ring is 1. The molecule has 0 spiro atoms. The molecule has 1 unspecified atom stereocenters. The van der Waals surface area contributed by atoms with E-state index in [0.717, 1.165) is 78.9 Å². The molecule has 0 radical (unpaired) electrons. The molecule has 1 aromatic carbocycles. The third kappa shape index (κ3) is 4.40. The highest BCUT2D eigenvalue weighted by atomic mass is 16.5. The van der Waals surface area contributed by atoms with Crippen LogP contribution in [-0.4, -0.2) is 68.5 Å². The molecule has 3 aromatic heterocycles. The van der Waals surface area contributed by atoms with Crippen molar-refractivity contribution in [2.75, 3.05) is 39.0 Å². The van der Waals surface area contributed by atoms with Crippen LogP contribution in [0.15, 0.2) is 55.1 Å². The zero-order valence-corrected chi connectivity index (χ0v) is 22.2. The molecular formula is C30H33N7O2. The van der Waals surface area contributed by atoms with Gasteiger partial charge in [0, 0.05) is 50.7 Å². The first-order valence-corrected chi connectivity index (χ1v) is 13.8. The topological polar surface area (TPSA) is 102 Å². The van der Waals surface area contributed by atoms with Gasteiger partial charge in [0.25, 0.3) is 0 Å². The van der Waals surface area contributed by atoms with Gasteiger partial charge in [0.1, 0.15) is 29.6 Å². The van der Waals surface area contributed by atoms with Crippen LogP contribution in [-0.2, 0) is 11.2 Å². The predicted octanol–water partition coefficient (Wildman–Crippen LogP) is 3.87. The number of fused-ring (bicyclic) bond motifs is 2. The summed E-state index contributed by atoms with van der Waals surface area (Å²) in [6.07, 6.45) is 9.50. The van der Waals surface area contributed by atoms with Crippen molar-refractivity contribution >= 4 is 22.8 Å². The highest BCUT2D eigenvalue weighted by Gasteiger charge is 2.35. The summed E-state index contributed by atoms with van der Waals surface area (Å²) in [5.74, 6) is 2.18. The number of likely N-dealkylation sites (N-methyl/N-ethyl adjacent to an activating group) is 1. The molecule has 1 saturated carbocycles. The van der Waals surface area contributed by atoms with E-state index in [9.17, 15) is 4.79 Å². The standard InChI is InChI=1S/C30H33N7O2/c1-35-10-11-36(17-27(35)38)15-19-12-22(13-19)37-16-23(28-29(31)33-18-34-30(28)37)21-6-5-20-7-8-25(39-26(20)14-21)24-4-2-3-9-32-24/h2-6,9,14,16,18-19,22,25H,7-8,10-13,15,17H2,1H3,(H2,31,33,34)/t19-,22+,25?. The first-order chi connectivity index (χ1) is 19.0. The second-order valence-electron chi connectivity index (χ2n) is 11.2. The summed E-state index contributed by atoms with van der Waals surface area (Å²) in [5, 5.41) is 0.891. The van der Waals surface area contributed by atoms with Crippen molar-refractivity contribution in [3.05, 3.63) is 66.4 Å². The van der Waals surface area contributed by atoms with Crippen LogP contribution in [0.4, 0.5) is 5.82 Å². The number of ether oxygens (including phenoxy) is 1. The van der Waals surface area contributed by atoms with Crippen LogP contribution in [0.2, 0.25) is 0 Å². The molecule has 200 valence electrons. The number of aryl methyl sites for hydroxylation is 1. The Morgan fingerprint density at radius 3 is 2.82 bits per heavy atom. The van der Waals surface area contributed by atoms with Crippen molar-refractivity contribution in [2.24, 2.45) is 5.92 Å². The van der Waals surface area contributed by atoms with E-state index in [1.807, 2.05) is 36.3 Å². The molecule has 39 heavy (non-hydrogen) atoms. The van der Waals surface area contributed by atoms with E-state index in [2.05, 4.69) is 48.8 Å². The number of amides is 1. The molecular weight excluding hydrogens is 490 g/mol.